The summed E-state index contributed by atoms with van der Waals surface area (Å²) in [6, 6.07) is 7.03. The fraction of sp³-hybridized carbons (Fsp3) is 0.400. The summed E-state index contributed by atoms with van der Waals surface area (Å²) in [6.07, 6.45) is 6.03. The van der Waals surface area contributed by atoms with Crippen LogP contribution < -0.4 is 9.62 Å². The number of hydrogen-bond donors (Lipinski definition) is 2. The number of nitrogens with one attached hydrogen (secondary N) is 1. The van der Waals surface area contributed by atoms with E-state index in [1.807, 2.05) is 13.8 Å². The van der Waals surface area contributed by atoms with Crippen molar-refractivity contribution in [3.05, 3.63) is 58.9 Å². The van der Waals surface area contributed by atoms with Gasteiger partial charge in [-0.1, -0.05) is 26.0 Å². The van der Waals surface area contributed by atoms with E-state index in [9.17, 15) is 22.7 Å². The van der Waals surface area contributed by atoms with Gasteiger partial charge in [-0.3, -0.25) is 4.72 Å². The molecule has 34 heavy (non-hydrogen) atoms. The number of fused-ring (bicyclic) bond motifs is 3. The van der Waals surface area contributed by atoms with Gasteiger partial charge >= 0.3 is 5.97 Å². The lowest BCUT2D eigenvalue weighted by Crippen LogP contribution is -2.24. The van der Waals surface area contributed by atoms with Crippen LogP contribution in [0.5, 0.6) is 0 Å². The van der Waals surface area contributed by atoms with Crippen molar-refractivity contribution in [2.24, 2.45) is 0 Å². The van der Waals surface area contributed by atoms with Crippen molar-refractivity contribution in [1.82, 2.24) is 4.90 Å². The van der Waals surface area contributed by atoms with Gasteiger partial charge in [-0.2, -0.15) is 0 Å². The maximum atomic E-state index is 14.0. The van der Waals surface area contributed by atoms with Crippen LogP contribution in [0.3, 0.4) is 0 Å². The minimum atomic E-state index is -4.17. The van der Waals surface area contributed by atoms with E-state index >= 15 is 0 Å². The Bertz CT molecular complexity index is 1220. The van der Waals surface area contributed by atoms with Crippen molar-refractivity contribution < 1.29 is 22.7 Å². The lowest BCUT2D eigenvalue weighted by Gasteiger charge is -2.19. The first-order valence-corrected chi connectivity index (χ1v) is 13.1. The van der Waals surface area contributed by atoms with E-state index in [4.69, 9.17) is 0 Å². The summed E-state index contributed by atoms with van der Waals surface area (Å²) in [5.74, 6) is -1.72. The third-order valence-corrected chi connectivity index (χ3v) is 8.13. The van der Waals surface area contributed by atoms with E-state index in [0.29, 0.717) is 18.5 Å². The maximum absolute atomic E-state index is 14.0. The largest absolute Gasteiger partial charge is 0.478 e. The molecule has 2 aliphatic rings. The van der Waals surface area contributed by atoms with E-state index < -0.39 is 21.8 Å². The van der Waals surface area contributed by atoms with Crippen molar-refractivity contribution in [2.45, 2.75) is 44.0 Å². The highest BCUT2D eigenvalue weighted by Gasteiger charge is 2.37. The van der Waals surface area contributed by atoms with Crippen LogP contribution in [0.15, 0.2) is 41.3 Å². The Labute approximate surface area is 199 Å². The molecule has 0 aromatic heterocycles. The summed E-state index contributed by atoms with van der Waals surface area (Å²) >= 11 is 0. The number of aromatic carboxylic acids is 1. The Balaban J connectivity index is 1.68. The van der Waals surface area contributed by atoms with Crippen LogP contribution in [0.2, 0.25) is 0 Å². The van der Waals surface area contributed by atoms with E-state index in [0.717, 1.165) is 44.2 Å². The van der Waals surface area contributed by atoms with Gasteiger partial charge in [0.25, 0.3) is 10.0 Å². The number of hydrogen-bond acceptors (Lipinski definition) is 5. The molecule has 4 rings (SSSR count). The monoisotopic (exact) mass is 487 g/mol. The molecule has 2 aromatic rings. The van der Waals surface area contributed by atoms with Gasteiger partial charge in [0.1, 0.15) is 5.82 Å². The molecule has 9 heteroatoms. The van der Waals surface area contributed by atoms with Gasteiger partial charge in [-0.25, -0.2) is 17.6 Å². The van der Waals surface area contributed by atoms with Crippen molar-refractivity contribution >= 4 is 33.4 Å². The van der Waals surface area contributed by atoms with E-state index in [-0.39, 0.29) is 27.8 Å². The summed E-state index contributed by atoms with van der Waals surface area (Å²) in [4.78, 5) is 16.4. The van der Waals surface area contributed by atoms with Crippen molar-refractivity contribution in [3.8, 4) is 0 Å². The number of benzene rings is 2. The molecule has 0 radical (unpaired) electrons. The number of likely N-dealkylation sites (N-methyl/N-ethyl adjacent to an activating group) is 1. The number of carboxylic acid groups (broad SMARTS) is 1. The first-order valence-electron chi connectivity index (χ1n) is 11.6. The van der Waals surface area contributed by atoms with Crippen LogP contribution in [-0.2, 0) is 16.4 Å². The molecule has 2 N–H and O–H groups in total. The van der Waals surface area contributed by atoms with Gasteiger partial charge in [0.05, 0.1) is 16.1 Å². The molecule has 7 nitrogen and oxygen atoms in total. The predicted octanol–water partition coefficient (Wildman–Crippen LogP) is 4.20. The van der Waals surface area contributed by atoms with Crippen LogP contribution in [0.1, 0.15) is 48.2 Å². The number of carbonyl (C=O) groups is 1. The maximum Gasteiger partial charge on any atom is 0.338 e. The molecule has 2 aromatic carbocycles. The molecule has 2 heterocycles. The number of sulfonamides is 1. The Morgan fingerprint density at radius 1 is 1.26 bits per heavy atom. The number of carboxylic acids is 1. The Kier molecular flexibility index (Phi) is 6.95. The van der Waals surface area contributed by atoms with Crippen molar-refractivity contribution in [2.75, 3.05) is 35.8 Å². The average Bonchev–Trinajstić information content (AvgIpc) is 3.37. The van der Waals surface area contributed by atoms with Crippen LogP contribution in [0.25, 0.3) is 6.08 Å². The standard InChI is InChI=1S/C25H30FN3O4S/c1-3-28(4-2)13-5-7-17-15-18(26)9-12-23(17)34(32,33)27-21-10-11-22-20(24(21)25(30)31)16-19-8-6-14-29(19)22/h5,7,9-12,15,19,27H,3-4,6,8,13-14,16H2,1-2H3,(H,30,31). The van der Waals surface area contributed by atoms with Crippen molar-refractivity contribution in [3.63, 3.8) is 0 Å². The van der Waals surface area contributed by atoms with Gasteiger partial charge < -0.3 is 14.9 Å². The van der Waals surface area contributed by atoms with Gasteiger partial charge in [0, 0.05) is 24.8 Å². The SMILES string of the molecule is CCN(CC)CC=Cc1cc(F)ccc1S(=O)(=O)Nc1ccc2c(c1C(=O)O)CC1CCCN21. The molecule has 0 spiro atoms. The second-order valence-electron chi connectivity index (χ2n) is 8.66. The van der Waals surface area contributed by atoms with Crippen LogP contribution in [-0.4, -0.2) is 56.6 Å². The molecule has 1 atom stereocenters. The molecule has 182 valence electrons. The van der Waals surface area contributed by atoms with Crippen LogP contribution in [0.4, 0.5) is 15.8 Å². The summed E-state index contributed by atoms with van der Waals surface area (Å²) in [6.45, 7) is 7.21. The third-order valence-electron chi connectivity index (χ3n) is 6.69. The summed E-state index contributed by atoms with van der Waals surface area (Å²) < 4.78 is 43.1. The van der Waals surface area contributed by atoms with Crippen LogP contribution in [0, 0.1) is 5.82 Å². The zero-order chi connectivity index (χ0) is 24.5. The van der Waals surface area contributed by atoms with E-state index in [2.05, 4.69) is 14.5 Å². The number of rotatable bonds is 9. The predicted molar refractivity (Wildman–Crippen MR) is 132 cm³/mol. The molecule has 1 fully saturated rings. The Morgan fingerprint density at radius 2 is 2.03 bits per heavy atom. The number of nitrogens with zero attached hydrogens (tertiary/aromatic N) is 2. The van der Waals surface area contributed by atoms with E-state index in [1.165, 1.54) is 18.2 Å². The molecule has 2 aliphatic heterocycles. The molecule has 0 saturated carbocycles. The quantitative estimate of drug-likeness (QED) is 0.551. The zero-order valence-corrected chi connectivity index (χ0v) is 20.2. The molecule has 1 unspecified atom stereocenters. The summed E-state index contributed by atoms with van der Waals surface area (Å²) in [5, 5.41) is 9.95. The van der Waals surface area contributed by atoms with Gasteiger partial charge in [-0.05, 0) is 73.8 Å². The van der Waals surface area contributed by atoms with Crippen LogP contribution >= 0.6 is 0 Å². The first-order chi connectivity index (χ1) is 16.2. The molecule has 0 amide bonds. The highest BCUT2D eigenvalue weighted by molar-refractivity contribution is 7.92. The fourth-order valence-corrected chi connectivity index (χ4v) is 6.20. The fourth-order valence-electron chi connectivity index (χ4n) is 4.95. The lowest BCUT2D eigenvalue weighted by atomic mass is 10.00. The van der Waals surface area contributed by atoms with Gasteiger partial charge in [0.15, 0.2) is 0 Å². The smallest absolute Gasteiger partial charge is 0.338 e. The minimum absolute atomic E-state index is 0.0174. The molecule has 0 aliphatic carbocycles. The highest BCUT2D eigenvalue weighted by Crippen LogP contribution is 2.42. The number of halogens is 1. The molecular weight excluding hydrogens is 457 g/mol. The first kappa shape index (κ1) is 24.2. The normalized spacial score (nSPS) is 17.4. The average molecular weight is 488 g/mol. The highest BCUT2D eigenvalue weighted by atomic mass is 32.2. The Hall–Kier alpha value is -2.91. The summed E-state index contributed by atoms with van der Waals surface area (Å²) in [5.41, 5.74) is 1.74. The second kappa shape index (κ2) is 9.76. The zero-order valence-electron chi connectivity index (χ0n) is 19.4. The molecule has 0 bridgehead atoms. The lowest BCUT2D eigenvalue weighted by molar-refractivity contribution is 0.0697. The third kappa shape index (κ3) is 4.67. The second-order valence-corrected chi connectivity index (χ2v) is 10.3. The van der Waals surface area contributed by atoms with Gasteiger partial charge in [-0.15, -0.1) is 0 Å². The molecule has 1 saturated heterocycles. The minimum Gasteiger partial charge on any atom is -0.478 e. The topological polar surface area (TPSA) is 90.0 Å². The molecular formula is C25H30FN3O4S. The van der Waals surface area contributed by atoms with Crippen molar-refractivity contribution in [1.29, 1.82) is 0 Å². The van der Waals surface area contributed by atoms with E-state index in [1.54, 1.807) is 18.2 Å². The summed E-state index contributed by atoms with van der Waals surface area (Å²) in [7, 11) is -4.17. The number of anilines is 2. The Morgan fingerprint density at radius 3 is 2.74 bits per heavy atom. The van der Waals surface area contributed by atoms with Gasteiger partial charge in [0.2, 0.25) is 0 Å².